The summed E-state index contributed by atoms with van der Waals surface area (Å²) in [5, 5.41) is 0. The van der Waals surface area contributed by atoms with Gasteiger partial charge in [0, 0.05) is 0 Å². The third-order valence-electron chi connectivity index (χ3n) is 2.97. The lowest BCUT2D eigenvalue weighted by molar-refractivity contribution is 0.811. The Bertz CT molecular complexity index is 718. The Kier molecular flexibility index (Phi) is 2.59. The van der Waals surface area contributed by atoms with Crippen LogP contribution in [-0.4, -0.2) is 9.55 Å². The summed E-state index contributed by atoms with van der Waals surface area (Å²) >= 11 is 0. The Morgan fingerprint density at radius 2 is 1.72 bits per heavy atom. The van der Waals surface area contributed by atoms with Gasteiger partial charge in [0.2, 0.25) is 0 Å². The summed E-state index contributed by atoms with van der Waals surface area (Å²) in [6.07, 6.45) is 5.53. The number of para-hydroxylation sites is 2. The number of hydrogen-bond donors (Lipinski definition) is 0. The quantitative estimate of drug-likeness (QED) is 0.621. The third kappa shape index (κ3) is 1.76. The molecule has 0 aliphatic carbocycles. The van der Waals surface area contributed by atoms with Crippen molar-refractivity contribution in [2.45, 2.75) is 6.54 Å². The molecule has 18 heavy (non-hydrogen) atoms. The third-order valence-corrected chi connectivity index (χ3v) is 2.97. The van der Waals surface area contributed by atoms with Crippen molar-refractivity contribution in [2.24, 2.45) is 0 Å². The predicted octanol–water partition coefficient (Wildman–Crippen LogP) is 3.07. The van der Waals surface area contributed by atoms with Crippen LogP contribution in [0.25, 0.3) is 11.0 Å². The van der Waals surface area contributed by atoms with Crippen LogP contribution in [-0.2, 0) is 6.54 Å². The van der Waals surface area contributed by atoms with Crippen LogP contribution in [0.15, 0.2) is 54.6 Å². The summed E-state index contributed by atoms with van der Waals surface area (Å²) < 4.78 is 2.07. The van der Waals surface area contributed by atoms with E-state index in [1.807, 2.05) is 42.5 Å². The van der Waals surface area contributed by atoms with E-state index in [0.717, 1.165) is 17.6 Å². The maximum Gasteiger partial charge on any atom is 0.186 e. The molecule has 0 fully saturated rings. The molecule has 0 N–H and O–H groups in total. The van der Waals surface area contributed by atoms with Crippen molar-refractivity contribution in [1.82, 2.24) is 9.55 Å². The van der Waals surface area contributed by atoms with Crippen LogP contribution in [0.4, 0.5) is 0 Å². The van der Waals surface area contributed by atoms with E-state index in [4.69, 9.17) is 6.42 Å². The lowest BCUT2D eigenvalue weighted by Gasteiger charge is -2.06. The van der Waals surface area contributed by atoms with Gasteiger partial charge in [-0.2, -0.15) is 0 Å². The lowest BCUT2D eigenvalue weighted by atomic mass is 10.2. The van der Waals surface area contributed by atoms with Gasteiger partial charge in [-0.1, -0.05) is 42.5 Å². The van der Waals surface area contributed by atoms with Gasteiger partial charge in [-0.05, 0) is 23.6 Å². The maximum absolute atomic E-state index is 5.53. The van der Waals surface area contributed by atoms with Gasteiger partial charge in [0.25, 0.3) is 0 Å². The fourth-order valence-electron chi connectivity index (χ4n) is 2.11. The van der Waals surface area contributed by atoms with Crippen molar-refractivity contribution in [2.75, 3.05) is 0 Å². The molecule has 3 rings (SSSR count). The monoisotopic (exact) mass is 232 g/mol. The van der Waals surface area contributed by atoms with Crippen molar-refractivity contribution in [3.05, 3.63) is 66.0 Å². The fourth-order valence-corrected chi connectivity index (χ4v) is 2.11. The number of aromatic nitrogens is 2. The van der Waals surface area contributed by atoms with Crippen LogP contribution in [0.3, 0.4) is 0 Å². The Hall–Kier alpha value is -2.53. The van der Waals surface area contributed by atoms with Gasteiger partial charge in [0.05, 0.1) is 17.6 Å². The molecule has 1 heterocycles. The zero-order valence-electron chi connectivity index (χ0n) is 9.88. The molecule has 0 atom stereocenters. The highest BCUT2D eigenvalue weighted by Gasteiger charge is 2.08. The van der Waals surface area contributed by atoms with Gasteiger partial charge < -0.3 is 4.57 Å². The van der Waals surface area contributed by atoms with E-state index in [2.05, 4.69) is 27.6 Å². The minimum absolute atomic E-state index is 0.681. The van der Waals surface area contributed by atoms with Gasteiger partial charge in [0.15, 0.2) is 5.82 Å². The first-order valence-corrected chi connectivity index (χ1v) is 5.84. The standard InChI is InChI=1S/C16H12N2/c1-2-16-17-14-10-6-7-11-15(14)18(16)12-13-8-4-3-5-9-13/h1,3-11H,12H2. The molecule has 2 nitrogen and oxygen atoms in total. The second kappa shape index (κ2) is 4.38. The summed E-state index contributed by atoms with van der Waals surface area (Å²) in [6.45, 7) is 0.751. The Morgan fingerprint density at radius 1 is 1.00 bits per heavy atom. The predicted molar refractivity (Wildman–Crippen MR) is 73.2 cm³/mol. The smallest absolute Gasteiger partial charge is 0.186 e. The van der Waals surface area contributed by atoms with E-state index >= 15 is 0 Å². The molecular weight excluding hydrogens is 220 g/mol. The number of fused-ring (bicyclic) bond motifs is 1. The Labute approximate surface area is 106 Å². The zero-order chi connectivity index (χ0) is 12.4. The molecule has 1 aromatic heterocycles. The van der Waals surface area contributed by atoms with E-state index in [1.54, 1.807) is 0 Å². The van der Waals surface area contributed by atoms with E-state index in [-0.39, 0.29) is 0 Å². The van der Waals surface area contributed by atoms with Crippen LogP contribution in [0.5, 0.6) is 0 Å². The molecular formula is C16H12N2. The molecule has 0 aliphatic rings. The molecule has 0 bridgehead atoms. The Morgan fingerprint density at radius 3 is 2.50 bits per heavy atom. The fraction of sp³-hybridized carbons (Fsp3) is 0.0625. The minimum Gasteiger partial charge on any atom is -0.313 e. The summed E-state index contributed by atoms with van der Waals surface area (Å²) in [4.78, 5) is 4.45. The van der Waals surface area contributed by atoms with Gasteiger partial charge in [-0.3, -0.25) is 0 Å². The molecule has 3 aromatic rings. The van der Waals surface area contributed by atoms with Gasteiger partial charge in [0.1, 0.15) is 0 Å². The molecule has 0 saturated carbocycles. The van der Waals surface area contributed by atoms with Crippen LogP contribution in [0.1, 0.15) is 11.4 Å². The highest BCUT2D eigenvalue weighted by molar-refractivity contribution is 5.76. The first kappa shape index (κ1) is 10.6. The average molecular weight is 232 g/mol. The van der Waals surface area contributed by atoms with Gasteiger partial charge in [-0.25, -0.2) is 4.98 Å². The highest BCUT2D eigenvalue weighted by atomic mass is 15.1. The van der Waals surface area contributed by atoms with Crippen LogP contribution >= 0.6 is 0 Å². The number of benzene rings is 2. The van der Waals surface area contributed by atoms with E-state index in [0.29, 0.717) is 5.82 Å². The molecule has 0 spiro atoms. The molecule has 0 unspecified atom stereocenters. The second-order valence-electron chi connectivity index (χ2n) is 4.14. The van der Waals surface area contributed by atoms with Crippen molar-refractivity contribution < 1.29 is 0 Å². The molecule has 0 saturated heterocycles. The SMILES string of the molecule is C#Cc1nc2ccccc2n1Cc1ccccc1. The van der Waals surface area contributed by atoms with Crippen LogP contribution < -0.4 is 0 Å². The van der Waals surface area contributed by atoms with Crippen LogP contribution in [0.2, 0.25) is 0 Å². The minimum atomic E-state index is 0.681. The summed E-state index contributed by atoms with van der Waals surface area (Å²) in [5.74, 6) is 3.34. The largest absolute Gasteiger partial charge is 0.313 e. The zero-order valence-corrected chi connectivity index (χ0v) is 9.88. The molecule has 0 amide bonds. The van der Waals surface area contributed by atoms with E-state index < -0.39 is 0 Å². The van der Waals surface area contributed by atoms with Crippen molar-refractivity contribution in [3.63, 3.8) is 0 Å². The van der Waals surface area contributed by atoms with E-state index in [1.165, 1.54) is 5.56 Å². The second-order valence-corrected chi connectivity index (χ2v) is 4.14. The normalized spacial score (nSPS) is 10.4. The molecule has 2 aromatic carbocycles. The first-order valence-electron chi connectivity index (χ1n) is 5.84. The topological polar surface area (TPSA) is 17.8 Å². The highest BCUT2D eigenvalue weighted by Crippen LogP contribution is 2.17. The number of rotatable bonds is 2. The molecule has 0 radical (unpaired) electrons. The lowest BCUT2D eigenvalue weighted by Crippen LogP contribution is -2.02. The molecule has 86 valence electrons. The maximum atomic E-state index is 5.53. The van der Waals surface area contributed by atoms with Gasteiger partial charge >= 0.3 is 0 Å². The summed E-state index contributed by atoms with van der Waals surface area (Å²) in [7, 11) is 0. The summed E-state index contributed by atoms with van der Waals surface area (Å²) in [5.41, 5.74) is 3.24. The Balaban J connectivity index is 2.13. The van der Waals surface area contributed by atoms with Crippen molar-refractivity contribution in [1.29, 1.82) is 0 Å². The summed E-state index contributed by atoms with van der Waals surface area (Å²) in [6, 6.07) is 18.3. The first-order chi connectivity index (χ1) is 8.88. The number of terminal acetylenes is 1. The van der Waals surface area contributed by atoms with Crippen molar-refractivity contribution in [3.8, 4) is 12.3 Å². The average Bonchev–Trinajstić information content (AvgIpc) is 2.78. The number of imidazole rings is 1. The van der Waals surface area contributed by atoms with E-state index in [9.17, 15) is 0 Å². The number of nitrogens with zero attached hydrogens (tertiary/aromatic N) is 2. The molecule has 0 aliphatic heterocycles. The van der Waals surface area contributed by atoms with Gasteiger partial charge in [-0.15, -0.1) is 6.42 Å². The molecule has 2 heteroatoms. The number of hydrogen-bond acceptors (Lipinski definition) is 1. The van der Waals surface area contributed by atoms with Crippen LogP contribution in [0, 0.1) is 12.3 Å². The van der Waals surface area contributed by atoms with Crippen molar-refractivity contribution >= 4 is 11.0 Å².